The summed E-state index contributed by atoms with van der Waals surface area (Å²) in [5.41, 5.74) is 0.844. The van der Waals surface area contributed by atoms with Crippen molar-refractivity contribution in [3.05, 3.63) is 40.3 Å². The fraction of sp³-hybridized carbons (Fsp3) is 0.500. The van der Waals surface area contributed by atoms with Gasteiger partial charge < -0.3 is 5.32 Å². The van der Waals surface area contributed by atoms with Crippen molar-refractivity contribution >= 4 is 16.7 Å². The molecule has 1 aliphatic rings. The van der Waals surface area contributed by atoms with Gasteiger partial charge in [0.2, 0.25) is 5.91 Å². The number of hydrogen-bond donors (Lipinski definition) is 2. The van der Waals surface area contributed by atoms with Crippen LogP contribution in [0.25, 0.3) is 10.8 Å². The first-order valence-corrected chi connectivity index (χ1v) is 8.34. The van der Waals surface area contributed by atoms with Crippen molar-refractivity contribution in [1.29, 1.82) is 0 Å². The molecule has 23 heavy (non-hydrogen) atoms. The van der Waals surface area contributed by atoms with Gasteiger partial charge in [-0.15, -0.1) is 0 Å². The number of H-pyrrole nitrogens is 1. The molecule has 5 heteroatoms. The lowest BCUT2D eigenvalue weighted by atomic mass is 9.82. The maximum atomic E-state index is 11.9. The molecule has 1 saturated carbocycles. The topological polar surface area (TPSA) is 74.8 Å². The molecule has 0 aliphatic heterocycles. The lowest BCUT2D eigenvalue weighted by molar-refractivity contribution is -0.124. The number of aromatic nitrogens is 2. The standard InChI is InChI=1S/C18H23N3O2/c1-11(2)17(22)19-13-9-7-12(8-10-13)16-14-5-3-4-6-15(14)18(23)21-20-16/h3-6,11-13H,7-10H2,1-2H3,(H,19,22)(H,21,23). The predicted molar refractivity (Wildman–Crippen MR) is 90.3 cm³/mol. The number of rotatable bonds is 3. The zero-order valence-corrected chi connectivity index (χ0v) is 13.6. The van der Waals surface area contributed by atoms with Crippen molar-refractivity contribution in [2.45, 2.75) is 51.5 Å². The Morgan fingerprint density at radius 2 is 1.83 bits per heavy atom. The Labute approximate surface area is 135 Å². The van der Waals surface area contributed by atoms with Crippen LogP contribution in [-0.4, -0.2) is 22.1 Å². The first-order chi connectivity index (χ1) is 11.1. The average molecular weight is 313 g/mol. The highest BCUT2D eigenvalue weighted by atomic mass is 16.2. The number of carbonyl (C=O) groups excluding carboxylic acids is 1. The van der Waals surface area contributed by atoms with Crippen molar-refractivity contribution in [1.82, 2.24) is 15.5 Å². The molecule has 0 bridgehead atoms. The van der Waals surface area contributed by atoms with Gasteiger partial charge in [0.25, 0.3) is 5.56 Å². The lowest BCUT2D eigenvalue weighted by Crippen LogP contribution is -2.39. The SMILES string of the molecule is CC(C)C(=O)NC1CCC(c2n[nH]c(=O)c3ccccc23)CC1. The third-order valence-corrected chi connectivity index (χ3v) is 4.71. The molecule has 0 radical (unpaired) electrons. The summed E-state index contributed by atoms with van der Waals surface area (Å²) in [7, 11) is 0. The summed E-state index contributed by atoms with van der Waals surface area (Å²) in [5, 5.41) is 11.7. The van der Waals surface area contributed by atoms with Crippen LogP contribution in [0.5, 0.6) is 0 Å². The fourth-order valence-electron chi connectivity index (χ4n) is 3.33. The molecule has 1 aliphatic carbocycles. The van der Waals surface area contributed by atoms with Crippen LogP contribution >= 0.6 is 0 Å². The third-order valence-electron chi connectivity index (χ3n) is 4.71. The molecular weight excluding hydrogens is 290 g/mol. The molecule has 2 N–H and O–H groups in total. The van der Waals surface area contributed by atoms with Crippen molar-refractivity contribution < 1.29 is 4.79 Å². The van der Waals surface area contributed by atoms with Crippen molar-refractivity contribution in [2.75, 3.05) is 0 Å². The zero-order chi connectivity index (χ0) is 16.4. The van der Waals surface area contributed by atoms with Gasteiger partial charge in [-0.05, 0) is 31.7 Å². The second-order valence-corrected chi connectivity index (χ2v) is 6.70. The summed E-state index contributed by atoms with van der Waals surface area (Å²) < 4.78 is 0. The third kappa shape index (κ3) is 3.28. The van der Waals surface area contributed by atoms with Gasteiger partial charge in [-0.25, -0.2) is 5.10 Å². The minimum atomic E-state index is -0.137. The molecular formula is C18H23N3O2. The summed E-state index contributed by atoms with van der Waals surface area (Å²) in [4.78, 5) is 23.7. The number of fused-ring (bicyclic) bond motifs is 1. The molecule has 0 spiro atoms. The first kappa shape index (κ1) is 15.7. The van der Waals surface area contributed by atoms with Crippen LogP contribution in [0.2, 0.25) is 0 Å². The number of benzene rings is 1. The predicted octanol–water partition coefficient (Wildman–Crippen LogP) is 2.72. The van der Waals surface area contributed by atoms with E-state index in [-0.39, 0.29) is 23.4 Å². The van der Waals surface area contributed by atoms with Gasteiger partial charge >= 0.3 is 0 Å². The van der Waals surface area contributed by atoms with Crippen molar-refractivity contribution in [3.63, 3.8) is 0 Å². The molecule has 1 aromatic carbocycles. The van der Waals surface area contributed by atoms with E-state index in [4.69, 9.17) is 0 Å². The maximum Gasteiger partial charge on any atom is 0.272 e. The van der Waals surface area contributed by atoms with Crippen LogP contribution in [0.15, 0.2) is 29.1 Å². The highest BCUT2D eigenvalue weighted by molar-refractivity contribution is 5.83. The molecule has 0 atom stereocenters. The van der Waals surface area contributed by atoms with Crippen molar-refractivity contribution in [3.8, 4) is 0 Å². The van der Waals surface area contributed by atoms with E-state index in [1.54, 1.807) is 0 Å². The molecule has 0 unspecified atom stereocenters. The Morgan fingerprint density at radius 1 is 1.17 bits per heavy atom. The quantitative estimate of drug-likeness (QED) is 0.915. The van der Waals surface area contributed by atoms with E-state index in [2.05, 4.69) is 15.5 Å². The van der Waals surface area contributed by atoms with E-state index in [9.17, 15) is 9.59 Å². The van der Waals surface area contributed by atoms with Crippen LogP contribution in [0.4, 0.5) is 0 Å². The van der Waals surface area contributed by atoms with Crippen LogP contribution in [0.1, 0.15) is 51.1 Å². The van der Waals surface area contributed by atoms with Crippen LogP contribution in [-0.2, 0) is 4.79 Å². The minimum Gasteiger partial charge on any atom is -0.353 e. The molecule has 122 valence electrons. The summed E-state index contributed by atoms with van der Waals surface area (Å²) in [5.74, 6) is 0.488. The van der Waals surface area contributed by atoms with Gasteiger partial charge in [-0.2, -0.15) is 5.10 Å². The molecule has 0 saturated heterocycles. The van der Waals surface area contributed by atoms with E-state index in [0.717, 1.165) is 36.8 Å². The molecule has 1 amide bonds. The van der Waals surface area contributed by atoms with Crippen LogP contribution < -0.4 is 10.9 Å². The van der Waals surface area contributed by atoms with Crippen LogP contribution in [0, 0.1) is 5.92 Å². The Kier molecular flexibility index (Phi) is 4.46. The lowest BCUT2D eigenvalue weighted by Gasteiger charge is -2.29. The molecule has 1 fully saturated rings. The van der Waals surface area contributed by atoms with E-state index < -0.39 is 0 Å². The number of nitrogens with one attached hydrogen (secondary N) is 2. The average Bonchev–Trinajstić information content (AvgIpc) is 2.56. The Morgan fingerprint density at radius 3 is 2.48 bits per heavy atom. The molecule has 1 heterocycles. The Hall–Kier alpha value is -2.17. The Bertz CT molecular complexity index is 758. The van der Waals surface area contributed by atoms with Gasteiger partial charge in [-0.1, -0.05) is 32.0 Å². The summed E-state index contributed by atoms with van der Waals surface area (Å²) in [6, 6.07) is 7.89. The normalized spacial score (nSPS) is 21.5. The van der Waals surface area contributed by atoms with E-state index in [1.807, 2.05) is 38.1 Å². The molecule has 1 aromatic heterocycles. The maximum absolute atomic E-state index is 11.9. The van der Waals surface area contributed by atoms with Gasteiger partial charge in [0, 0.05) is 23.3 Å². The first-order valence-electron chi connectivity index (χ1n) is 8.34. The zero-order valence-electron chi connectivity index (χ0n) is 13.6. The smallest absolute Gasteiger partial charge is 0.272 e. The summed E-state index contributed by atoms with van der Waals surface area (Å²) in [6.07, 6.45) is 3.87. The molecule has 2 aromatic rings. The van der Waals surface area contributed by atoms with Gasteiger partial charge in [-0.3, -0.25) is 9.59 Å². The molecule has 5 nitrogen and oxygen atoms in total. The Balaban J connectivity index is 1.75. The van der Waals surface area contributed by atoms with E-state index >= 15 is 0 Å². The second-order valence-electron chi connectivity index (χ2n) is 6.70. The van der Waals surface area contributed by atoms with E-state index in [1.165, 1.54) is 0 Å². The number of amides is 1. The highest BCUT2D eigenvalue weighted by Crippen LogP contribution is 2.34. The minimum absolute atomic E-state index is 0.0255. The number of nitrogens with zero attached hydrogens (tertiary/aromatic N) is 1. The number of hydrogen-bond acceptors (Lipinski definition) is 3. The highest BCUT2D eigenvalue weighted by Gasteiger charge is 2.26. The van der Waals surface area contributed by atoms with Crippen LogP contribution in [0.3, 0.4) is 0 Å². The fourth-order valence-corrected chi connectivity index (χ4v) is 3.33. The number of aromatic amines is 1. The summed E-state index contributed by atoms with van der Waals surface area (Å²) >= 11 is 0. The largest absolute Gasteiger partial charge is 0.353 e. The number of carbonyl (C=O) groups is 1. The van der Waals surface area contributed by atoms with Gasteiger partial charge in [0.1, 0.15) is 0 Å². The van der Waals surface area contributed by atoms with Crippen molar-refractivity contribution in [2.24, 2.45) is 5.92 Å². The van der Waals surface area contributed by atoms with Gasteiger partial charge in [0.15, 0.2) is 0 Å². The summed E-state index contributed by atoms with van der Waals surface area (Å²) in [6.45, 7) is 3.83. The monoisotopic (exact) mass is 313 g/mol. The molecule has 3 rings (SSSR count). The second kappa shape index (κ2) is 6.52. The van der Waals surface area contributed by atoms with E-state index in [0.29, 0.717) is 11.3 Å². The van der Waals surface area contributed by atoms with Gasteiger partial charge in [0.05, 0.1) is 11.1 Å².